The zero-order chi connectivity index (χ0) is 17.7. The molecule has 1 saturated carbocycles. The van der Waals surface area contributed by atoms with Gasteiger partial charge < -0.3 is 15.4 Å². The van der Waals surface area contributed by atoms with Gasteiger partial charge in [-0.2, -0.15) is 0 Å². The van der Waals surface area contributed by atoms with Crippen molar-refractivity contribution in [1.29, 1.82) is 0 Å². The fourth-order valence-corrected chi connectivity index (χ4v) is 5.25. The lowest BCUT2D eigenvalue weighted by molar-refractivity contribution is -0.0164. The van der Waals surface area contributed by atoms with Crippen LogP contribution in [0.5, 0.6) is 0 Å². The molecule has 1 aliphatic carbocycles. The van der Waals surface area contributed by atoms with E-state index in [-0.39, 0.29) is 29.5 Å². The summed E-state index contributed by atoms with van der Waals surface area (Å²) in [4.78, 5) is 7.23. The highest BCUT2D eigenvalue weighted by atomic mass is 127. The highest BCUT2D eigenvalue weighted by Gasteiger charge is 2.39. The fourth-order valence-electron chi connectivity index (χ4n) is 5.25. The molecule has 0 radical (unpaired) electrons. The SMILES string of the molecule is CN=C(NCC1(N2CCCC2)CCOCC1)NC1CC(C)CC(C)C1.I. The van der Waals surface area contributed by atoms with Crippen LogP contribution in [0.4, 0.5) is 0 Å². The van der Waals surface area contributed by atoms with Crippen molar-refractivity contribution >= 4 is 29.9 Å². The van der Waals surface area contributed by atoms with Crippen LogP contribution in [-0.2, 0) is 4.74 Å². The standard InChI is InChI=1S/C20H38N4O.HI/c1-16-12-17(2)14-18(13-16)23-19(21-3)22-15-20(6-10-25-11-7-20)24-8-4-5-9-24;/h16-18H,4-15H2,1-3H3,(H2,21,22,23);1H. The van der Waals surface area contributed by atoms with Gasteiger partial charge in [-0.1, -0.05) is 13.8 Å². The van der Waals surface area contributed by atoms with Crippen molar-refractivity contribution in [3.05, 3.63) is 0 Å². The van der Waals surface area contributed by atoms with E-state index in [1.54, 1.807) is 0 Å². The van der Waals surface area contributed by atoms with Crippen LogP contribution in [0.15, 0.2) is 4.99 Å². The quantitative estimate of drug-likeness (QED) is 0.370. The predicted molar refractivity (Wildman–Crippen MR) is 119 cm³/mol. The number of nitrogens with one attached hydrogen (secondary N) is 2. The number of likely N-dealkylation sites (tertiary alicyclic amines) is 1. The van der Waals surface area contributed by atoms with Crippen molar-refractivity contribution < 1.29 is 4.74 Å². The first-order chi connectivity index (χ1) is 12.1. The predicted octanol–water partition coefficient (Wildman–Crippen LogP) is 3.24. The number of nitrogens with zero attached hydrogens (tertiary/aromatic N) is 2. The molecule has 3 rings (SSSR count). The minimum absolute atomic E-state index is 0. The van der Waals surface area contributed by atoms with Crippen LogP contribution in [0, 0.1) is 11.8 Å². The second kappa shape index (κ2) is 10.5. The van der Waals surface area contributed by atoms with E-state index in [4.69, 9.17) is 4.74 Å². The Morgan fingerprint density at radius 3 is 2.27 bits per heavy atom. The molecule has 3 aliphatic rings. The zero-order valence-corrected chi connectivity index (χ0v) is 19.3. The molecule has 5 nitrogen and oxygen atoms in total. The van der Waals surface area contributed by atoms with E-state index in [9.17, 15) is 0 Å². The van der Waals surface area contributed by atoms with Gasteiger partial charge in [0.15, 0.2) is 5.96 Å². The van der Waals surface area contributed by atoms with E-state index in [2.05, 4.69) is 34.4 Å². The summed E-state index contributed by atoms with van der Waals surface area (Å²) in [6, 6.07) is 0.558. The van der Waals surface area contributed by atoms with E-state index in [0.717, 1.165) is 50.4 Å². The number of ether oxygens (including phenoxy) is 1. The second-order valence-electron chi connectivity index (χ2n) is 8.72. The number of aliphatic imine (C=N–C) groups is 1. The molecule has 0 amide bonds. The van der Waals surface area contributed by atoms with Crippen LogP contribution >= 0.6 is 24.0 Å². The van der Waals surface area contributed by atoms with Gasteiger partial charge in [-0.15, -0.1) is 24.0 Å². The van der Waals surface area contributed by atoms with Gasteiger partial charge in [0, 0.05) is 38.4 Å². The summed E-state index contributed by atoms with van der Waals surface area (Å²) in [5, 5.41) is 7.38. The smallest absolute Gasteiger partial charge is 0.191 e. The normalized spacial score (nSPS) is 32.7. The molecule has 0 aromatic carbocycles. The molecule has 2 unspecified atom stereocenters. The van der Waals surface area contributed by atoms with Crippen LogP contribution in [-0.4, -0.2) is 62.3 Å². The molecule has 6 heteroatoms. The van der Waals surface area contributed by atoms with E-state index < -0.39 is 0 Å². The molecule has 3 fully saturated rings. The number of hydrogen-bond donors (Lipinski definition) is 2. The minimum Gasteiger partial charge on any atom is -0.381 e. The van der Waals surface area contributed by atoms with E-state index >= 15 is 0 Å². The Morgan fingerprint density at radius 2 is 1.69 bits per heavy atom. The van der Waals surface area contributed by atoms with Crippen LogP contribution in [0.2, 0.25) is 0 Å². The third kappa shape index (κ3) is 5.71. The van der Waals surface area contributed by atoms with Gasteiger partial charge >= 0.3 is 0 Å². The first-order valence-corrected chi connectivity index (χ1v) is 10.4. The molecule has 2 aliphatic heterocycles. The van der Waals surface area contributed by atoms with Gasteiger partial charge in [-0.05, 0) is 69.9 Å². The maximum Gasteiger partial charge on any atom is 0.191 e. The van der Waals surface area contributed by atoms with Gasteiger partial charge in [0.25, 0.3) is 0 Å². The van der Waals surface area contributed by atoms with Crippen molar-refractivity contribution in [2.75, 3.05) is 39.9 Å². The van der Waals surface area contributed by atoms with E-state index in [1.165, 1.54) is 45.2 Å². The van der Waals surface area contributed by atoms with Gasteiger partial charge in [0.1, 0.15) is 0 Å². The van der Waals surface area contributed by atoms with Crippen LogP contribution in [0.3, 0.4) is 0 Å². The summed E-state index contributed by atoms with van der Waals surface area (Å²) in [6.07, 6.45) is 8.83. The summed E-state index contributed by atoms with van der Waals surface area (Å²) >= 11 is 0. The second-order valence-corrected chi connectivity index (χ2v) is 8.72. The molecule has 0 bridgehead atoms. The van der Waals surface area contributed by atoms with Gasteiger partial charge in [0.05, 0.1) is 0 Å². The molecule has 2 atom stereocenters. The lowest BCUT2D eigenvalue weighted by Gasteiger charge is -2.45. The average Bonchev–Trinajstić information content (AvgIpc) is 3.14. The van der Waals surface area contributed by atoms with E-state index in [1.807, 2.05) is 7.05 Å². The zero-order valence-electron chi connectivity index (χ0n) is 16.9. The van der Waals surface area contributed by atoms with E-state index in [0.29, 0.717) is 6.04 Å². The maximum atomic E-state index is 5.66. The van der Waals surface area contributed by atoms with Crippen LogP contribution in [0.1, 0.15) is 58.8 Å². The number of guanidine groups is 1. The van der Waals surface area contributed by atoms with Gasteiger partial charge in [-0.3, -0.25) is 9.89 Å². The Labute approximate surface area is 177 Å². The third-order valence-corrected chi connectivity index (χ3v) is 6.53. The van der Waals surface area contributed by atoms with Crippen molar-refractivity contribution in [2.45, 2.75) is 70.4 Å². The Morgan fingerprint density at radius 1 is 1.08 bits per heavy atom. The summed E-state index contributed by atoms with van der Waals surface area (Å²) in [6.45, 7) is 10.0. The van der Waals surface area contributed by atoms with Gasteiger partial charge in [0.2, 0.25) is 0 Å². The Bertz CT molecular complexity index is 437. The summed E-state index contributed by atoms with van der Waals surface area (Å²) in [5.74, 6) is 2.60. The molecular formula is C20H39IN4O. The van der Waals surface area contributed by atoms with Crippen molar-refractivity contribution in [3.63, 3.8) is 0 Å². The van der Waals surface area contributed by atoms with Crippen molar-refractivity contribution in [3.8, 4) is 0 Å². The maximum absolute atomic E-state index is 5.66. The monoisotopic (exact) mass is 478 g/mol. The first-order valence-electron chi connectivity index (χ1n) is 10.4. The molecule has 0 spiro atoms. The Balaban J connectivity index is 0.00000243. The molecule has 2 saturated heterocycles. The van der Waals surface area contributed by atoms with Crippen molar-refractivity contribution in [1.82, 2.24) is 15.5 Å². The molecule has 26 heavy (non-hydrogen) atoms. The van der Waals surface area contributed by atoms with Crippen molar-refractivity contribution in [2.24, 2.45) is 16.8 Å². The molecule has 2 heterocycles. The summed E-state index contributed by atoms with van der Waals surface area (Å²) in [7, 11) is 1.90. The Kier molecular flexibility index (Phi) is 8.94. The Hall–Kier alpha value is -0.0800. The molecule has 152 valence electrons. The van der Waals surface area contributed by atoms with Gasteiger partial charge in [-0.25, -0.2) is 0 Å². The lowest BCUT2D eigenvalue weighted by atomic mass is 9.80. The lowest BCUT2D eigenvalue weighted by Crippen LogP contribution is -2.59. The number of hydrogen-bond acceptors (Lipinski definition) is 3. The largest absolute Gasteiger partial charge is 0.381 e. The van der Waals surface area contributed by atoms with Crippen LogP contribution < -0.4 is 10.6 Å². The molecular weight excluding hydrogens is 439 g/mol. The average molecular weight is 478 g/mol. The highest BCUT2D eigenvalue weighted by molar-refractivity contribution is 14.0. The highest BCUT2D eigenvalue weighted by Crippen LogP contribution is 2.31. The topological polar surface area (TPSA) is 48.9 Å². The van der Waals surface area contributed by atoms with Crippen LogP contribution in [0.25, 0.3) is 0 Å². The molecule has 0 aromatic heterocycles. The number of halogens is 1. The summed E-state index contributed by atoms with van der Waals surface area (Å²) in [5.41, 5.74) is 0.250. The molecule has 2 N–H and O–H groups in total. The number of rotatable bonds is 4. The molecule has 0 aromatic rings. The minimum atomic E-state index is 0. The third-order valence-electron chi connectivity index (χ3n) is 6.53. The fraction of sp³-hybridized carbons (Fsp3) is 0.950. The first kappa shape index (κ1) is 22.2. The summed E-state index contributed by atoms with van der Waals surface area (Å²) < 4.78 is 5.66.